The van der Waals surface area contributed by atoms with Crippen molar-refractivity contribution in [3.63, 3.8) is 0 Å². The van der Waals surface area contributed by atoms with Gasteiger partial charge in [0.2, 0.25) is 5.91 Å². The molecule has 0 spiro atoms. The summed E-state index contributed by atoms with van der Waals surface area (Å²) >= 11 is 0. The molecule has 1 aliphatic rings. The van der Waals surface area contributed by atoms with Crippen LogP contribution in [0.2, 0.25) is 0 Å². The van der Waals surface area contributed by atoms with Crippen LogP contribution < -0.4 is 10.0 Å². The van der Waals surface area contributed by atoms with Crippen LogP contribution in [0, 0.1) is 5.92 Å². The Hall–Kier alpha value is -1.44. The Bertz CT molecular complexity index is 604. The van der Waals surface area contributed by atoms with Gasteiger partial charge in [-0.25, -0.2) is 0 Å². The molecule has 2 atom stereocenters. The summed E-state index contributed by atoms with van der Waals surface area (Å²) in [6.07, 6.45) is 1.89. The summed E-state index contributed by atoms with van der Waals surface area (Å²) < 4.78 is 28.5. The van der Waals surface area contributed by atoms with E-state index in [2.05, 4.69) is 10.0 Å². The van der Waals surface area contributed by atoms with E-state index in [1.54, 1.807) is 31.2 Å². The SMILES string of the molecule is C[C@H]1CCCN(S(=O)(=O)N[C@@H](C)C(=O)Nc2ccccc2)C1. The Kier molecular flexibility index (Phi) is 5.55. The monoisotopic (exact) mass is 325 g/mol. The molecule has 0 unspecified atom stereocenters. The van der Waals surface area contributed by atoms with Gasteiger partial charge in [0.05, 0.1) is 6.04 Å². The summed E-state index contributed by atoms with van der Waals surface area (Å²) in [5.41, 5.74) is 0.644. The van der Waals surface area contributed by atoms with Gasteiger partial charge in [0, 0.05) is 18.8 Å². The van der Waals surface area contributed by atoms with Crippen molar-refractivity contribution < 1.29 is 13.2 Å². The molecule has 122 valence electrons. The van der Waals surface area contributed by atoms with Crippen LogP contribution in [0.25, 0.3) is 0 Å². The summed E-state index contributed by atoms with van der Waals surface area (Å²) in [5.74, 6) is -0.0291. The second kappa shape index (κ2) is 7.21. The number of carbonyl (C=O) groups is 1. The van der Waals surface area contributed by atoms with E-state index >= 15 is 0 Å². The molecule has 1 aromatic rings. The lowest BCUT2D eigenvalue weighted by atomic mass is 10.0. The number of carbonyl (C=O) groups excluding carboxylic acids is 1. The lowest BCUT2D eigenvalue weighted by molar-refractivity contribution is -0.117. The Morgan fingerprint density at radius 2 is 2.00 bits per heavy atom. The maximum atomic E-state index is 12.3. The third-order valence-corrected chi connectivity index (χ3v) is 5.38. The number of para-hydroxylation sites is 1. The molecule has 0 aliphatic carbocycles. The number of amides is 1. The first-order valence-electron chi connectivity index (χ1n) is 7.52. The van der Waals surface area contributed by atoms with Crippen LogP contribution in [0.15, 0.2) is 30.3 Å². The van der Waals surface area contributed by atoms with E-state index in [1.165, 1.54) is 4.31 Å². The predicted molar refractivity (Wildman–Crippen MR) is 86.6 cm³/mol. The van der Waals surface area contributed by atoms with Crippen molar-refractivity contribution in [2.24, 2.45) is 5.92 Å². The molecule has 1 fully saturated rings. The lowest BCUT2D eigenvalue weighted by Gasteiger charge is -2.30. The van der Waals surface area contributed by atoms with Gasteiger partial charge in [0.25, 0.3) is 10.2 Å². The average Bonchev–Trinajstić information content (AvgIpc) is 2.48. The topological polar surface area (TPSA) is 78.5 Å². The van der Waals surface area contributed by atoms with E-state index in [0.717, 1.165) is 12.8 Å². The van der Waals surface area contributed by atoms with E-state index in [0.29, 0.717) is 24.7 Å². The van der Waals surface area contributed by atoms with Crippen LogP contribution >= 0.6 is 0 Å². The molecule has 22 heavy (non-hydrogen) atoms. The molecule has 1 amide bonds. The number of benzene rings is 1. The minimum absolute atomic E-state index is 0.346. The fraction of sp³-hybridized carbons (Fsp3) is 0.533. The Morgan fingerprint density at radius 3 is 2.64 bits per heavy atom. The molecule has 1 aliphatic heterocycles. The van der Waals surface area contributed by atoms with E-state index in [9.17, 15) is 13.2 Å². The summed E-state index contributed by atoms with van der Waals surface area (Å²) in [5, 5.41) is 2.69. The first-order valence-corrected chi connectivity index (χ1v) is 8.96. The second-order valence-electron chi connectivity index (χ2n) is 5.81. The normalized spacial score (nSPS) is 21.3. The highest BCUT2D eigenvalue weighted by Gasteiger charge is 2.29. The van der Waals surface area contributed by atoms with Crippen molar-refractivity contribution in [3.8, 4) is 0 Å². The van der Waals surface area contributed by atoms with Gasteiger partial charge in [0.15, 0.2) is 0 Å². The molecule has 6 nitrogen and oxygen atoms in total. The average molecular weight is 325 g/mol. The van der Waals surface area contributed by atoms with Gasteiger partial charge in [0.1, 0.15) is 0 Å². The molecule has 1 heterocycles. The molecule has 0 saturated carbocycles. The van der Waals surface area contributed by atoms with Crippen LogP contribution in [0.1, 0.15) is 26.7 Å². The minimum Gasteiger partial charge on any atom is -0.325 e. The fourth-order valence-electron chi connectivity index (χ4n) is 2.49. The largest absolute Gasteiger partial charge is 0.325 e. The number of piperidine rings is 1. The lowest BCUT2D eigenvalue weighted by Crippen LogP contribution is -2.50. The zero-order valence-corrected chi connectivity index (χ0v) is 13.8. The molecule has 0 radical (unpaired) electrons. The van der Waals surface area contributed by atoms with Crippen molar-refractivity contribution in [2.75, 3.05) is 18.4 Å². The first-order chi connectivity index (χ1) is 10.4. The Morgan fingerprint density at radius 1 is 1.32 bits per heavy atom. The van der Waals surface area contributed by atoms with Crippen molar-refractivity contribution >= 4 is 21.8 Å². The molecule has 1 saturated heterocycles. The van der Waals surface area contributed by atoms with Crippen molar-refractivity contribution in [3.05, 3.63) is 30.3 Å². The molecule has 7 heteroatoms. The van der Waals surface area contributed by atoms with Gasteiger partial charge in [-0.2, -0.15) is 17.4 Å². The predicted octanol–water partition coefficient (Wildman–Crippen LogP) is 1.58. The van der Waals surface area contributed by atoms with Gasteiger partial charge < -0.3 is 5.32 Å². The highest BCUT2D eigenvalue weighted by Crippen LogP contribution is 2.18. The molecule has 0 bridgehead atoms. The van der Waals surface area contributed by atoms with E-state index in [-0.39, 0.29) is 5.91 Å². The first kappa shape index (κ1) is 16.9. The van der Waals surface area contributed by atoms with Gasteiger partial charge >= 0.3 is 0 Å². The van der Waals surface area contributed by atoms with E-state index < -0.39 is 16.3 Å². The standard InChI is InChI=1S/C15H23N3O3S/c1-12-7-6-10-18(11-12)22(20,21)17-13(2)15(19)16-14-8-4-3-5-9-14/h3-5,8-9,12-13,17H,6-7,10-11H2,1-2H3,(H,16,19)/t12-,13-/m0/s1. The van der Waals surface area contributed by atoms with E-state index in [4.69, 9.17) is 0 Å². The van der Waals surface area contributed by atoms with Crippen molar-refractivity contribution in [1.82, 2.24) is 9.03 Å². The summed E-state index contributed by atoms with van der Waals surface area (Å²) in [6.45, 7) is 4.59. The summed E-state index contributed by atoms with van der Waals surface area (Å²) in [4.78, 5) is 12.1. The molecule has 2 N–H and O–H groups in total. The smallest absolute Gasteiger partial charge is 0.280 e. The van der Waals surface area contributed by atoms with Crippen LogP contribution in [0.5, 0.6) is 0 Å². The number of hydrogen-bond donors (Lipinski definition) is 2. The fourth-order valence-corrected chi connectivity index (χ4v) is 4.01. The zero-order chi connectivity index (χ0) is 16.2. The zero-order valence-electron chi connectivity index (χ0n) is 13.0. The Balaban J connectivity index is 1.95. The van der Waals surface area contributed by atoms with Crippen molar-refractivity contribution in [1.29, 1.82) is 0 Å². The molecule has 2 rings (SSSR count). The molecule has 0 aromatic heterocycles. The number of nitrogens with zero attached hydrogens (tertiary/aromatic N) is 1. The molecular formula is C15H23N3O3S. The number of anilines is 1. The van der Waals surface area contributed by atoms with Crippen LogP contribution in [0.4, 0.5) is 5.69 Å². The number of nitrogens with one attached hydrogen (secondary N) is 2. The third kappa shape index (κ3) is 4.53. The second-order valence-corrected chi connectivity index (χ2v) is 7.51. The van der Waals surface area contributed by atoms with Crippen molar-refractivity contribution in [2.45, 2.75) is 32.7 Å². The maximum Gasteiger partial charge on any atom is 0.280 e. The van der Waals surface area contributed by atoms with E-state index in [1.807, 2.05) is 13.0 Å². The van der Waals surface area contributed by atoms with Crippen LogP contribution in [-0.2, 0) is 15.0 Å². The quantitative estimate of drug-likeness (QED) is 0.863. The van der Waals surface area contributed by atoms with Crippen LogP contribution in [-0.4, -0.2) is 37.8 Å². The highest BCUT2D eigenvalue weighted by atomic mass is 32.2. The summed E-state index contributed by atoms with van der Waals surface area (Å²) in [7, 11) is -3.63. The maximum absolute atomic E-state index is 12.3. The Labute approximate surface area is 132 Å². The third-order valence-electron chi connectivity index (χ3n) is 3.72. The number of rotatable bonds is 5. The molecular weight excluding hydrogens is 302 g/mol. The van der Waals surface area contributed by atoms with Crippen LogP contribution in [0.3, 0.4) is 0 Å². The highest BCUT2D eigenvalue weighted by molar-refractivity contribution is 7.87. The van der Waals surface area contributed by atoms with Gasteiger partial charge in [-0.1, -0.05) is 25.1 Å². The molecule has 1 aromatic carbocycles. The van der Waals surface area contributed by atoms with Gasteiger partial charge in [-0.3, -0.25) is 4.79 Å². The summed E-state index contributed by atoms with van der Waals surface area (Å²) in [6, 6.07) is 8.14. The number of hydrogen-bond acceptors (Lipinski definition) is 3. The minimum atomic E-state index is -3.63. The van der Waals surface area contributed by atoms with Gasteiger partial charge in [-0.05, 0) is 37.8 Å². The van der Waals surface area contributed by atoms with Gasteiger partial charge in [-0.15, -0.1) is 0 Å².